The lowest BCUT2D eigenvalue weighted by molar-refractivity contribution is 0.0694. The Bertz CT molecular complexity index is 518. The first-order valence-electron chi connectivity index (χ1n) is 5.08. The lowest BCUT2D eigenvalue weighted by Crippen LogP contribution is -2.14. The Morgan fingerprint density at radius 1 is 1.59 bits per heavy atom. The van der Waals surface area contributed by atoms with Crippen LogP contribution in [0.2, 0.25) is 0 Å². The summed E-state index contributed by atoms with van der Waals surface area (Å²) in [5.41, 5.74) is 1.20. The molecule has 0 fully saturated rings. The Balaban J connectivity index is 1.90. The lowest BCUT2D eigenvalue weighted by atomic mass is 10.2. The summed E-state index contributed by atoms with van der Waals surface area (Å²) in [5, 5.41) is 14.9. The lowest BCUT2D eigenvalue weighted by Gasteiger charge is -2.00. The summed E-state index contributed by atoms with van der Waals surface area (Å²) in [6, 6.07) is 1.45. The zero-order valence-corrected chi connectivity index (χ0v) is 10.1. The second kappa shape index (κ2) is 5.11. The van der Waals surface area contributed by atoms with Crippen LogP contribution < -0.4 is 5.32 Å². The molecule has 17 heavy (non-hydrogen) atoms. The third-order valence-corrected chi connectivity index (χ3v) is 3.17. The molecule has 2 N–H and O–H groups in total. The number of nitrogens with one attached hydrogen (secondary N) is 1. The van der Waals surface area contributed by atoms with E-state index in [4.69, 9.17) is 9.52 Å². The van der Waals surface area contributed by atoms with Crippen LogP contribution in [-0.2, 0) is 13.1 Å². The molecule has 90 valence electrons. The van der Waals surface area contributed by atoms with E-state index in [1.165, 1.54) is 12.3 Å². The van der Waals surface area contributed by atoms with E-state index in [0.717, 1.165) is 10.7 Å². The zero-order valence-electron chi connectivity index (χ0n) is 9.27. The number of hydrogen-bond donors (Lipinski definition) is 2. The molecule has 0 bridgehead atoms. The number of carboxylic acids is 1. The van der Waals surface area contributed by atoms with Gasteiger partial charge in [-0.15, -0.1) is 11.3 Å². The number of carboxylic acid groups (broad SMARTS) is 1. The Morgan fingerprint density at radius 2 is 2.41 bits per heavy atom. The molecular formula is C11H12N2O3S. The van der Waals surface area contributed by atoms with E-state index in [1.807, 2.05) is 12.3 Å². The molecule has 0 aromatic carbocycles. The molecule has 2 aromatic rings. The van der Waals surface area contributed by atoms with Gasteiger partial charge in [-0.2, -0.15) is 0 Å². The van der Waals surface area contributed by atoms with Crippen molar-refractivity contribution >= 4 is 17.3 Å². The Kier molecular flexibility index (Phi) is 3.55. The van der Waals surface area contributed by atoms with E-state index in [9.17, 15) is 4.79 Å². The highest BCUT2D eigenvalue weighted by Crippen LogP contribution is 2.11. The van der Waals surface area contributed by atoms with Crippen LogP contribution in [-0.4, -0.2) is 16.1 Å². The minimum atomic E-state index is -0.972. The molecule has 0 atom stereocenters. The molecule has 0 amide bonds. The number of aryl methyl sites for hydroxylation is 1. The first-order valence-corrected chi connectivity index (χ1v) is 5.96. The molecule has 0 aliphatic carbocycles. The molecule has 0 spiro atoms. The molecule has 0 aliphatic heterocycles. The van der Waals surface area contributed by atoms with Gasteiger partial charge in [-0.05, 0) is 13.0 Å². The minimum Gasteiger partial charge on any atom is -0.478 e. The normalized spacial score (nSPS) is 10.6. The average molecular weight is 252 g/mol. The minimum absolute atomic E-state index is 0.202. The van der Waals surface area contributed by atoms with Gasteiger partial charge in [0.2, 0.25) is 0 Å². The fourth-order valence-corrected chi connectivity index (χ4v) is 2.18. The number of aromatic carboxylic acids is 1. The molecule has 6 heteroatoms. The summed E-state index contributed by atoms with van der Waals surface area (Å²) in [4.78, 5) is 15.1. The van der Waals surface area contributed by atoms with Crippen LogP contribution in [0.1, 0.15) is 26.8 Å². The highest BCUT2D eigenvalue weighted by atomic mass is 32.1. The molecule has 0 saturated heterocycles. The van der Waals surface area contributed by atoms with Gasteiger partial charge < -0.3 is 14.8 Å². The van der Waals surface area contributed by atoms with Gasteiger partial charge in [0.25, 0.3) is 0 Å². The van der Waals surface area contributed by atoms with E-state index in [1.54, 1.807) is 11.3 Å². The molecule has 2 rings (SSSR count). The Morgan fingerprint density at radius 3 is 3.06 bits per heavy atom. The van der Waals surface area contributed by atoms with Gasteiger partial charge in [0.1, 0.15) is 16.3 Å². The summed E-state index contributed by atoms with van der Waals surface area (Å²) in [6.07, 6.45) is 1.38. The maximum absolute atomic E-state index is 10.8. The predicted octanol–water partition coefficient (Wildman–Crippen LogP) is 2.03. The largest absolute Gasteiger partial charge is 0.478 e. The van der Waals surface area contributed by atoms with E-state index in [0.29, 0.717) is 18.8 Å². The molecule has 0 saturated carbocycles. The Hall–Kier alpha value is -1.66. The zero-order chi connectivity index (χ0) is 12.3. The van der Waals surface area contributed by atoms with Crippen LogP contribution in [0.5, 0.6) is 0 Å². The van der Waals surface area contributed by atoms with Crippen LogP contribution in [0.15, 0.2) is 22.1 Å². The van der Waals surface area contributed by atoms with E-state index >= 15 is 0 Å². The van der Waals surface area contributed by atoms with Crippen LogP contribution in [0.4, 0.5) is 0 Å². The summed E-state index contributed by atoms with van der Waals surface area (Å²) < 4.78 is 5.11. The number of carbonyl (C=O) groups is 1. The molecular weight excluding hydrogens is 240 g/mol. The van der Waals surface area contributed by atoms with Gasteiger partial charge in [-0.3, -0.25) is 0 Å². The van der Waals surface area contributed by atoms with Crippen molar-refractivity contribution in [2.45, 2.75) is 20.0 Å². The standard InChI is InChI=1S/C11H12N2O3S/c1-7-6-17-10(13-7)5-12-4-9-8(11(14)15)2-3-16-9/h2-3,6,12H,4-5H2,1H3,(H,14,15). The third-order valence-electron chi connectivity index (χ3n) is 2.20. The van der Waals surface area contributed by atoms with Crippen molar-refractivity contribution in [3.8, 4) is 0 Å². The van der Waals surface area contributed by atoms with E-state index < -0.39 is 5.97 Å². The summed E-state index contributed by atoms with van der Waals surface area (Å²) in [7, 11) is 0. The highest BCUT2D eigenvalue weighted by Gasteiger charge is 2.12. The van der Waals surface area contributed by atoms with Crippen molar-refractivity contribution in [2.24, 2.45) is 0 Å². The molecule has 0 unspecified atom stereocenters. The van der Waals surface area contributed by atoms with E-state index in [-0.39, 0.29) is 5.56 Å². The summed E-state index contributed by atoms with van der Waals surface area (Å²) in [6.45, 7) is 2.93. The maximum Gasteiger partial charge on any atom is 0.339 e. The van der Waals surface area contributed by atoms with Crippen molar-refractivity contribution in [1.29, 1.82) is 0 Å². The number of hydrogen-bond acceptors (Lipinski definition) is 5. The summed E-state index contributed by atoms with van der Waals surface area (Å²) >= 11 is 1.58. The van der Waals surface area contributed by atoms with Crippen molar-refractivity contribution in [3.63, 3.8) is 0 Å². The number of rotatable bonds is 5. The monoisotopic (exact) mass is 252 g/mol. The van der Waals surface area contributed by atoms with Gasteiger partial charge in [0.05, 0.1) is 12.8 Å². The van der Waals surface area contributed by atoms with Gasteiger partial charge >= 0.3 is 5.97 Å². The molecule has 0 aliphatic rings. The number of furan rings is 1. The average Bonchev–Trinajstić information content (AvgIpc) is 2.87. The summed E-state index contributed by atoms with van der Waals surface area (Å²) in [5.74, 6) is -0.536. The third kappa shape index (κ3) is 2.92. The van der Waals surface area contributed by atoms with Crippen molar-refractivity contribution in [1.82, 2.24) is 10.3 Å². The number of nitrogens with zero attached hydrogens (tertiary/aromatic N) is 1. The van der Waals surface area contributed by atoms with Gasteiger partial charge in [-0.25, -0.2) is 9.78 Å². The predicted molar refractivity (Wildman–Crippen MR) is 63.1 cm³/mol. The van der Waals surface area contributed by atoms with Crippen molar-refractivity contribution < 1.29 is 14.3 Å². The quantitative estimate of drug-likeness (QED) is 0.851. The molecule has 5 nitrogen and oxygen atoms in total. The van der Waals surface area contributed by atoms with Crippen LogP contribution >= 0.6 is 11.3 Å². The molecule has 2 heterocycles. The number of thiazole rings is 1. The fraction of sp³-hybridized carbons (Fsp3) is 0.273. The first kappa shape index (κ1) is 11.8. The second-order valence-electron chi connectivity index (χ2n) is 3.55. The SMILES string of the molecule is Cc1csc(CNCc2occc2C(=O)O)n1. The topological polar surface area (TPSA) is 75.4 Å². The van der Waals surface area contributed by atoms with Gasteiger partial charge in [0.15, 0.2) is 0 Å². The van der Waals surface area contributed by atoms with Crippen molar-refractivity contribution in [2.75, 3.05) is 0 Å². The van der Waals surface area contributed by atoms with Crippen LogP contribution in [0, 0.1) is 6.92 Å². The van der Waals surface area contributed by atoms with Crippen molar-refractivity contribution in [3.05, 3.63) is 39.7 Å². The fourth-order valence-electron chi connectivity index (χ4n) is 1.43. The van der Waals surface area contributed by atoms with Crippen LogP contribution in [0.3, 0.4) is 0 Å². The highest BCUT2D eigenvalue weighted by molar-refractivity contribution is 7.09. The first-order chi connectivity index (χ1) is 8.16. The molecule has 2 aromatic heterocycles. The van der Waals surface area contributed by atoms with Gasteiger partial charge in [-0.1, -0.05) is 0 Å². The molecule has 0 radical (unpaired) electrons. The second-order valence-corrected chi connectivity index (χ2v) is 4.49. The van der Waals surface area contributed by atoms with E-state index in [2.05, 4.69) is 10.3 Å². The smallest absolute Gasteiger partial charge is 0.339 e. The Labute approximate surface area is 102 Å². The number of aromatic nitrogens is 1. The van der Waals surface area contributed by atoms with Gasteiger partial charge in [0, 0.05) is 17.6 Å². The van der Waals surface area contributed by atoms with Crippen LogP contribution in [0.25, 0.3) is 0 Å². The maximum atomic E-state index is 10.8.